The molecule has 0 amide bonds. The molecular weight excluding hydrogens is 300 g/mol. The molecule has 1 aliphatic rings. The molecule has 0 atom stereocenters. The minimum absolute atomic E-state index is 0.294. The van der Waals surface area contributed by atoms with Gasteiger partial charge in [0.1, 0.15) is 5.60 Å². The van der Waals surface area contributed by atoms with Gasteiger partial charge in [0, 0.05) is 0 Å². The Morgan fingerprint density at radius 3 is 2.05 bits per heavy atom. The molecule has 1 aliphatic carbocycles. The van der Waals surface area contributed by atoms with Crippen LogP contribution in [0, 0.1) is 0 Å². The maximum absolute atomic E-state index is 12.0. The van der Waals surface area contributed by atoms with Crippen LogP contribution in [0.1, 0.15) is 68.8 Å². The molecule has 22 heavy (non-hydrogen) atoms. The van der Waals surface area contributed by atoms with E-state index in [-0.39, 0.29) is 11.2 Å². The number of carbonyl (C=O) groups is 2. The molecule has 0 aromatic heterocycles. The van der Waals surface area contributed by atoms with Crippen molar-refractivity contribution in [2.75, 3.05) is 0 Å². The van der Waals surface area contributed by atoms with Gasteiger partial charge in [-0.1, -0.05) is 31.4 Å². The zero-order valence-corrected chi connectivity index (χ0v) is 14.2. The monoisotopic (exact) mass is 322 g/mol. The SMILES string of the molecule is CC(C)(C)OC(=O)c1ccc(C2(C(=O)Cl)CCCCC2)cc1. The number of carbonyl (C=O) groups excluding carboxylic acids is 2. The predicted octanol–water partition coefficient (Wildman–Crippen LogP) is 4.61. The van der Waals surface area contributed by atoms with Crippen molar-refractivity contribution < 1.29 is 14.3 Å². The van der Waals surface area contributed by atoms with Crippen LogP contribution in [-0.2, 0) is 14.9 Å². The Balaban J connectivity index is 2.24. The van der Waals surface area contributed by atoms with Gasteiger partial charge in [-0.15, -0.1) is 0 Å². The second-order valence-electron chi connectivity index (χ2n) is 7.00. The molecule has 0 heterocycles. The highest BCUT2D eigenvalue weighted by Gasteiger charge is 2.40. The molecular formula is C18H23ClO3. The number of hydrogen-bond donors (Lipinski definition) is 0. The van der Waals surface area contributed by atoms with E-state index in [0.717, 1.165) is 37.7 Å². The van der Waals surface area contributed by atoms with Crippen molar-refractivity contribution in [3.8, 4) is 0 Å². The third-order valence-electron chi connectivity index (χ3n) is 4.16. The minimum atomic E-state index is -0.591. The van der Waals surface area contributed by atoms with Crippen LogP contribution in [0.15, 0.2) is 24.3 Å². The number of halogens is 1. The van der Waals surface area contributed by atoms with E-state index in [1.165, 1.54) is 0 Å². The molecule has 1 saturated carbocycles. The van der Waals surface area contributed by atoms with Gasteiger partial charge in [0.15, 0.2) is 0 Å². The van der Waals surface area contributed by atoms with Crippen LogP contribution < -0.4 is 0 Å². The van der Waals surface area contributed by atoms with E-state index in [1.54, 1.807) is 12.1 Å². The largest absolute Gasteiger partial charge is 0.456 e. The van der Waals surface area contributed by atoms with Crippen LogP contribution in [-0.4, -0.2) is 16.8 Å². The molecule has 3 nitrogen and oxygen atoms in total. The summed E-state index contributed by atoms with van der Waals surface area (Å²) < 4.78 is 5.35. The van der Waals surface area contributed by atoms with Crippen LogP contribution in [0.2, 0.25) is 0 Å². The molecule has 1 fully saturated rings. The third-order valence-corrected chi connectivity index (χ3v) is 4.52. The summed E-state index contributed by atoms with van der Waals surface area (Å²) in [6, 6.07) is 7.12. The standard InChI is InChI=1S/C18H23ClO3/c1-17(2,3)22-15(20)13-7-9-14(10-8-13)18(16(19)21)11-5-4-6-12-18/h7-10H,4-6,11-12H2,1-3H3. The Labute approximate surface area is 137 Å². The molecule has 1 aromatic carbocycles. The summed E-state index contributed by atoms with van der Waals surface area (Å²) in [7, 11) is 0. The van der Waals surface area contributed by atoms with E-state index in [0.29, 0.717) is 5.56 Å². The lowest BCUT2D eigenvalue weighted by Crippen LogP contribution is -2.35. The summed E-state index contributed by atoms with van der Waals surface area (Å²) >= 11 is 5.91. The molecule has 0 aliphatic heterocycles. The highest BCUT2D eigenvalue weighted by atomic mass is 35.5. The third kappa shape index (κ3) is 3.70. The lowest BCUT2D eigenvalue weighted by Gasteiger charge is -2.34. The van der Waals surface area contributed by atoms with Gasteiger partial charge >= 0.3 is 5.97 Å². The summed E-state index contributed by atoms with van der Waals surface area (Å²) in [6.07, 6.45) is 4.71. The van der Waals surface area contributed by atoms with E-state index in [1.807, 2.05) is 32.9 Å². The molecule has 0 N–H and O–H groups in total. The maximum Gasteiger partial charge on any atom is 0.338 e. The summed E-state index contributed by atoms with van der Waals surface area (Å²) in [4.78, 5) is 24.0. The fourth-order valence-corrected chi connectivity index (χ4v) is 3.31. The fraction of sp³-hybridized carbons (Fsp3) is 0.556. The molecule has 0 radical (unpaired) electrons. The first-order valence-corrected chi connectivity index (χ1v) is 8.16. The summed E-state index contributed by atoms with van der Waals surface area (Å²) in [5.74, 6) is -0.353. The Hall–Kier alpha value is -1.35. The number of ether oxygens (including phenoxy) is 1. The summed E-state index contributed by atoms with van der Waals surface area (Å²) in [6.45, 7) is 5.51. The summed E-state index contributed by atoms with van der Waals surface area (Å²) in [5, 5.41) is -0.294. The van der Waals surface area contributed by atoms with Crippen molar-refractivity contribution in [2.45, 2.75) is 63.9 Å². The van der Waals surface area contributed by atoms with E-state index < -0.39 is 11.0 Å². The van der Waals surface area contributed by atoms with Gasteiger partial charge < -0.3 is 4.74 Å². The van der Waals surface area contributed by atoms with Gasteiger partial charge in [0.05, 0.1) is 11.0 Å². The second kappa shape index (κ2) is 6.41. The van der Waals surface area contributed by atoms with E-state index in [2.05, 4.69) is 0 Å². The lowest BCUT2D eigenvalue weighted by atomic mass is 9.70. The molecule has 0 bridgehead atoms. The van der Waals surface area contributed by atoms with Gasteiger partial charge in [-0.25, -0.2) is 4.79 Å². The number of rotatable bonds is 3. The first kappa shape index (κ1) is 17.0. The van der Waals surface area contributed by atoms with Gasteiger partial charge in [-0.2, -0.15) is 0 Å². The van der Waals surface area contributed by atoms with Crippen molar-refractivity contribution in [1.29, 1.82) is 0 Å². The first-order chi connectivity index (χ1) is 10.2. The smallest absolute Gasteiger partial charge is 0.338 e. The normalized spacial score (nSPS) is 17.8. The molecule has 4 heteroatoms. The molecule has 120 valence electrons. The number of benzene rings is 1. The van der Waals surface area contributed by atoms with Crippen LogP contribution in [0.3, 0.4) is 0 Å². The Kier molecular flexibility index (Phi) is 4.96. The maximum atomic E-state index is 12.0. The molecule has 0 unspecified atom stereocenters. The van der Waals surface area contributed by atoms with E-state index in [4.69, 9.17) is 16.3 Å². The molecule has 0 saturated heterocycles. The Morgan fingerprint density at radius 1 is 1.05 bits per heavy atom. The molecule has 0 spiro atoms. The highest BCUT2D eigenvalue weighted by molar-refractivity contribution is 6.65. The van der Waals surface area contributed by atoms with Crippen molar-refractivity contribution in [3.05, 3.63) is 35.4 Å². The predicted molar refractivity (Wildman–Crippen MR) is 87.2 cm³/mol. The van der Waals surface area contributed by atoms with Gasteiger partial charge in [-0.05, 0) is 62.9 Å². The molecule has 2 rings (SSSR count). The van der Waals surface area contributed by atoms with Crippen LogP contribution in [0.5, 0.6) is 0 Å². The quantitative estimate of drug-likeness (QED) is 0.603. The van der Waals surface area contributed by atoms with E-state index in [9.17, 15) is 9.59 Å². The van der Waals surface area contributed by atoms with Crippen LogP contribution in [0.25, 0.3) is 0 Å². The average Bonchev–Trinajstić information content (AvgIpc) is 2.46. The van der Waals surface area contributed by atoms with Crippen molar-refractivity contribution in [2.24, 2.45) is 0 Å². The zero-order valence-electron chi connectivity index (χ0n) is 13.4. The van der Waals surface area contributed by atoms with Crippen molar-refractivity contribution >= 4 is 22.8 Å². The Bertz CT molecular complexity index is 549. The average molecular weight is 323 g/mol. The lowest BCUT2D eigenvalue weighted by molar-refractivity contribution is -0.117. The van der Waals surface area contributed by atoms with Crippen LogP contribution >= 0.6 is 11.6 Å². The second-order valence-corrected chi connectivity index (χ2v) is 7.34. The van der Waals surface area contributed by atoms with Gasteiger partial charge in [0.25, 0.3) is 0 Å². The Morgan fingerprint density at radius 2 is 1.59 bits per heavy atom. The molecule has 1 aromatic rings. The van der Waals surface area contributed by atoms with Crippen molar-refractivity contribution in [3.63, 3.8) is 0 Å². The number of esters is 1. The highest BCUT2D eigenvalue weighted by Crippen LogP contribution is 2.41. The minimum Gasteiger partial charge on any atom is -0.456 e. The summed E-state index contributed by atoms with van der Waals surface area (Å²) in [5.41, 5.74) is 0.282. The zero-order chi connectivity index (χ0) is 16.4. The van der Waals surface area contributed by atoms with Gasteiger partial charge in [0.2, 0.25) is 5.24 Å². The van der Waals surface area contributed by atoms with E-state index >= 15 is 0 Å². The topological polar surface area (TPSA) is 43.4 Å². The first-order valence-electron chi connectivity index (χ1n) is 7.78. The number of hydrogen-bond acceptors (Lipinski definition) is 3. The van der Waals surface area contributed by atoms with Crippen molar-refractivity contribution in [1.82, 2.24) is 0 Å². The fourth-order valence-electron chi connectivity index (χ4n) is 3.02. The van der Waals surface area contributed by atoms with Crippen LogP contribution in [0.4, 0.5) is 0 Å². The van der Waals surface area contributed by atoms with Gasteiger partial charge in [-0.3, -0.25) is 4.79 Å².